The molecule has 1 heterocycles. The summed E-state index contributed by atoms with van der Waals surface area (Å²) in [5.41, 5.74) is 0. The van der Waals surface area contributed by atoms with Crippen LogP contribution in [0.1, 0.15) is 19.8 Å². The zero-order chi connectivity index (χ0) is 7.40. The van der Waals surface area contributed by atoms with Crippen LogP contribution in [0.4, 0.5) is 0 Å². The van der Waals surface area contributed by atoms with Gasteiger partial charge in [0.15, 0.2) is 6.20 Å². The van der Waals surface area contributed by atoms with Crippen LogP contribution < -0.4 is 29.7 Å². The standard InChI is InChI=1S/C8H15N2.2ClH/c1-3-4-5-10-7-6-9(2)8-10;;/h6-8H,3-5H2,1-2H3;2*1H/q+1;;/p-1. The van der Waals surface area contributed by atoms with E-state index in [1.807, 2.05) is 0 Å². The smallest absolute Gasteiger partial charge is 0.335 e. The molecular weight excluding hydrogens is 195 g/mol. The summed E-state index contributed by atoms with van der Waals surface area (Å²) in [7, 11) is 2.06. The van der Waals surface area contributed by atoms with Crippen LogP contribution in [0.15, 0.2) is 12.4 Å². The molecule has 72 valence electrons. The van der Waals surface area contributed by atoms with E-state index >= 15 is 0 Å². The first kappa shape index (κ1) is 14.5. The van der Waals surface area contributed by atoms with Gasteiger partial charge in [-0.05, 0) is 6.42 Å². The second-order valence-corrected chi connectivity index (χ2v) is 2.79. The van der Waals surface area contributed by atoms with Gasteiger partial charge in [-0.3, -0.25) is 0 Å². The molecule has 0 aliphatic carbocycles. The highest BCUT2D eigenvalue weighted by molar-refractivity contribution is 5.38. The summed E-state index contributed by atoms with van der Waals surface area (Å²) in [6.07, 6.45) is 9.08. The SMILES string of the molecule is CCCC[NH+]1C=C[N+](C)=C1.[Cl-].[Cl-]. The summed E-state index contributed by atoms with van der Waals surface area (Å²) in [4.78, 5) is 1.46. The van der Waals surface area contributed by atoms with Gasteiger partial charge in [-0.25, -0.2) is 4.90 Å². The van der Waals surface area contributed by atoms with Crippen molar-refractivity contribution in [2.24, 2.45) is 0 Å². The molecule has 0 saturated carbocycles. The van der Waals surface area contributed by atoms with Crippen LogP contribution in [0, 0.1) is 0 Å². The van der Waals surface area contributed by atoms with Crippen LogP contribution in [-0.2, 0) is 0 Å². The highest BCUT2D eigenvalue weighted by Gasteiger charge is 2.12. The summed E-state index contributed by atoms with van der Waals surface area (Å²) >= 11 is 0. The van der Waals surface area contributed by atoms with Gasteiger partial charge in [0, 0.05) is 0 Å². The molecule has 4 heteroatoms. The van der Waals surface area contributed by atoms with Crippen molar-refractivity contribution in [2.45, 2.75) is 19.8 Å². The summed E-state index contributed by atoms with van der Waals surface area (Å²) < 4.78 is 2.10. The first-order valence-corrected chi connectivity index (χ1v) is 3.93. The topological polar surface area (TPSA) is 7.45 Å². The van der Waals surface area contributed by atoms with Gasteiger partial charge in [-0.15, -0.1) is 0 Å². The molecule has 1 atom stereocenters. The van der Waals surface area contributed by atoms with E-state index in [9.17, 15) is 0 Å². The first-order chi connectivity index (χ1) is 4.83. The van der Waals surface area contributed by atoms with Crippen molar-refractivity contribution in [2.75, 3.05) is 13.6 Å². The second kappa shape index (κ2) is 7.59. The number of hydrogen-bond acceptors (Lipinski definition) is 0. The van der Waals surface area contributed by atoms with Gasteiger partial charge in [0.25, 0.3) is 0 Å². The van der Waals surface area contributed by atoms with Crippen molar-refractivity contribution in [1.82, 2.24) is 0 Å². The Morgan fingerprint density at radius 1 is 1.33 bits per heavy atom. The summed E-state index contributed by atoms with van der Waals surface area (Å²) in [6, 6.07) is 0. The van der Waals surface area contributed by atoms with E-state index in [4.69, 9.17) is 0 Å². The average molecular weight is 211 g/mol. The molecule has 0 spiro atoms. The van der Waals surface area contributed by atoms with E-state index in [1.165, 1.54) is 24.3 Å². The summed E-state index contributed by atoms with van der Waals surface area (Å²) in [5, 5.41) is 0. The molecule has 1 N–H and O–H groups in total. The molecule has 0 bridgehead atoms. The van der Waals surface area contributed by atoms with Crippen molar-refractivity contribution in [3.8, 4) is 0 Å². The molecule has 0 aromatic heterocycles. The number of nitrogens with one attached hydrogen (secondary N) is 1. The molecule has 12 heavy (non-hydrogen) atoms. The maximum absolute atomic E-state index is 2.23. The molecule has 0 radical (unpaired) electrons. The first-order valence-electron chi connectivity index (χ1n) is 3.93. The molecule has 0 aromatic rings. The Labute approximate surface area is 86.8 Å². The number of halogens is 2. The van der Waals surface area contributed by atoms with Crippen molar-refractivity contribution in [3.63, 3.8) is 0 Å². The van der Waals surface area contributed by atoms with E-state index in [0.717, 1.165) is 0 Å². The quantitative estimate of drug-likeness (QED) is 0.444. The Kier molecular flexibility index (Phi) is 9.16. The van der Waals surface area contributed by atoms with Crippen LogP contribution in [0.2, 0.25) is 0 Å². The largest absolute Gasteiger partial charge is 1.00 e. The molecule has 1 rings (SSSR count). The minimum Gasteiger partial charge on any atom is -1.00 e. The number of unbranched alkanes of at least 4 members (excludes halogenated alkanes) is 1. The highest BCUT2D eigenvalue weighted by Crippen LogP contribution is 1.80. The molecule has 0 saturated heterocycles. The second-order valence-electron chi connectivity index (χ2n) is 2.79. The molecule has 1 aliphatic rings. The Morgan fingerprint density at radius 3 is 2.42 bits per heavy atom. The van der Waals surface area contributed by atoms with Crippen LogP contribution in [0.3, 0.4) is 0 Å². The Balaban J connectivity index is 0. The number of rotatable bonds is 3. The van der Waals surface area contributed by atoms with Crippen LogP contribution >= 0.6 is 0 Å². The summed E-state index contributed by atoms with van der Waals surface area (Å²) in [6.45, 7) is 3.46. The van der Waals surface area contributed by atoms with Crippen molar-refractivity contribution < 1.29 is 34.3 Å². The van der Waals surface area contributed by atoms with Gasteiger partial charge in [0.2, 0.25) is 6.20 Å². The van der Waals surface area contributed by atoms with Gasteiger partial charge in [-0.2, -0.15) is 4.58 Å². The predicted molar refractivity (Wildman–Crippen MR) is 42.1 cm³/mol. The van der Waals surface area contributed by atoms with E-state index in [1.54, 1.807) is 0 Å². The van der Waals surface area contributed by atoms with E-state index < -0.39 is 0 Å². The number of nitrogens with zero attached hydrogens (tertiary/aromatic N) is 1. The molecule has 0 fully saturated rings. The lowest BCUT2D eigenvalue weighted by Crippen LogP contribution is -3.05. The fraction of sp³-hybridized carbons (Fsp3) is 0.625. The number of quaternary nitrogens is 1. The lowest BCUT2D eigenvalue weighted by atomic mass is 10.3. The molecular formula is C8H16Cl2N2. The minimum atomic E-state index is 0. The molecule has 0 amide bonds. The van der Waals surface area contributed by atoms with E-state index in [-0.39, 0.29) is 24.8 Å². The van der Waals surface area contributed by atoms with E-state index in [0.29, 0.717) is 0 Å². The Bertz CT molecular complexity index is 166. The fourth-order valence-electron chi connectivity index (χ4n) is 1.09. The Hall–Kier alpha value is -0.0500. The highest BCUT2D eigenvalue weighted by atomic mass is 35.5. The predicted octanol–water partition coefficient (Wildman–Crippen LogP) is -6.17. The lowest BCUT2D eigenvalue weighted by molar-refractivity contribution is -0.748. The zero-order valence-electron chi connectivity index (χ0n) is 7.56. The summed E-state index contributed by atoms with van der Waals surface area (Å²) in [5.74, 6) is 0. The van der Waals surface area contributed by atoms with Gasteiger partial charge < -0.3 is 24.8 Å². The van der Waals surface area contributed by atoms with Gasteiger partial charge in [0.05, 0.1) is 6.54 Å². The minimum absolute atomic E-state index is 0. The normalized spacial score (nSPS) is 19.5. The van der Waals surface area contributed by atoms with Crippen molar-refractivity contribution in [1.29, 1.82) is 0 Å². The monoisotopic (exact) mass is 210 g/mol. The molecule has 0 aromatic carbocycles. The van der Waals surface area contributed by atoms with Crippen molar-refractivity contribution in [3.05, 3.63) is 12.4 Å². The van der Waals surface area contributed by atoms with Crippen LogP contribution in [0.25, 0.3) is 0 Å². The average Bonchev–Trinajstić information content (AvgIpc) is 2.31. The van der Waals surface area contributed by atoms with Crippen LogP contribution in [-0.4, -0.2) is 24.5 Å². The maximum atomic E-state index is 2.23. The van der Waals surface area contributed by atoms with Gasteiger partial charge in [-0.1, -0.05) is 13.3 Å². The molecule has 1 aliphatic heterocycles. The maximum Gasteiger partial charge on any atom is 0.335 e. The Morgan fingerprint density at radius 2 is 2.00 bits per heavy atom. The zero-order valence-corrected chi connectivity index (χ0v) is 9.07. The van der Waals surface area contributed by atoms with Gasteiger partial charge in [0.1, 0.15) is 7.05 Å². The van der Waals surface area contributed by atoms with E-state index in [2.05, 4.69) is 37.3 Å². The lowest BCUT2D eigenvalue weighted by Gasteiger charge is -1.98. The number of hydrogen-bond donors (Lipinski definition) is 1. The molecule has 1 unspecified atom stereocenters. The fourth-order valence-corrected chi connectivity index (χ4v) is 1.09. The van der Waals surface area contributed by atoms with Crippen LogP contribution in [0.5, 0.6) is 0 Å². The van der Waals surface area contributed by atoms with Crippen molar-refractivity contribution >= 4 is 6.34 Å². The third-order valence-electron chi connectivity index (χ3n) is 1.71. The third-order valence-corrected chi connectivity index (χ3v) is 1.71. The van der Waals surface area contributed by atoms with Gasteiger partial charge >= 0.3 is 6.34 Å². The third kappa shape index (κ3) is 4.75. The molecule has 2 nitrogen and oxygen atoms in total.